The number of rotatable bonds is 9. The highest BCUT2D eigenvalue weighted by molar-refractivity contribution is 9.10. The highest BCUT2D eigenvalue weighted by Crippen LogP contribution is 2.27. The van der Waals surface area contributed by atoms with E-state index in [-0.39, 0.29) is 0 Å². The molecule has 0 aliphatic heterocycles. The maximum atomic E-state index is 5.86. The van der Waals surface area contributed by atoms with Crippen molar-refractivity contribution in [1.82, 2.24) is 5.32 Å². The monoisotopic (exact) mass is 349 g/mol. The van der Waals surface area contributed by atoms with Gasteiger partial charge < -0.3 is 14.8 Å². The Morgan fingerprint density at radius 1 is 1.32 bits per heavy atom. The first-order chi connectivity index (χ1) is 9.13. The molecule has 19 heavy (non-hydrogen) atoms. The van der Waals surface area contributed by atoms with Gasteiger partial charge in [-0.05, 0) is 47.5 Å². The highest BCUT2D eigenvalue weighted by Gasteiger charge is 2.01. The molecule has 0 radical (unpaired) electrons. The molecule has 1 N–H and O–H groups in total. The van der Waals surface area contributed by atoms with Crippen LogP contribution in [0.4, 0.5) is 0 Å². The topological polar surface area (TPSA) is 30.5 Å². The SMILES string of the molecule is CC[C@@H](C)NCCOCCOc1ccc(Cl)cc1Br. The van der Waals surface area contributed by atoms with Crippen LogP contribution < -0.4 is 10.1 Å². The summed E-state index contributed by atoms with van der Waals surface area (Å²) in [6.07, 6.45) is 1.13. The van der Waals surface area contributed by atoms with E-state index < -0.39 is 0 Å². The van der Waals surface area contributed by atoms with Gasteiger partial charge in [-0.25, -0.2) is 0 Å². The van der Waals surface area contributed by atoms with Gasteiger partial charge in [-0.15, -0.1) is 0 Å². The van der Waals surface area contributed by atoms with Crippen LogP contribution in [-0.4, -0.2) is 32.4 Å². The Kier molecular flexibility index (Phi) is 8.46. The first kappa shape index (κ1) is 16.8. The highest BCUT2D eigenvalue weighted by atomic mass is 79.9. The molecule has 0 aliphatic carbocycles. The molecule has 1 rings (SSSR count). The molecule has 1 atom stereocenters. The third-order valence-electron chi connectivity index (χ3n) is 2.73. The summed E-state index contributed by atoms with van der Waals surface area (Å²) >= 11 is 9.26. The zero-order chi connectivity index (χ0) is 14.1. The first-order valence-electron chi connectivity index (χ1n) is 6.52. The lowest BCUT2D eigenvalue weighted by atomic mass is 10.3. The van der Waals surface area contributed by atoms with Crippen LogP contribution in [0.15, 0.2) is 22.7 Å². The predicted molar refractivity (Wildman–Crippen MR) is 83.2 cm³/mol. The van der Waals surface area contributed by atoms with E-state index >= 15 is 0 Å². The van der Waals surface area contributed by atoms with Gasteiger partial charge in [0.15, 0.2) is 0 Å². The van der Waals surface area contributed by atoms with Crippen molar-refractivity contribution in [3.63, 3.8) is 0 Å². The van der Waals surface area contributed by atoms with Gasteiger partial charge in [0, 0.05) is 17.6 Å². The molecule has 0 amide bonds. The Hall–Kier alpha value is -0.290. The Morgan fingerprint density at radius 3 is 2.79 bits per heavy atom. The molecular formula is C14H21BrClNO2. The molecule has 3 nitrogen and oxygen atoms in total. The van der Waals surface area contributed by atoms with E-state index in [4.69, 9.17) is 21.1 Å². The van der Waals surface area contributed by atoms with E-state index in [0.717, 1.165) is 23.2 Å². The fourth-order valence-electron chi connectivity index (χ4n) is 1.43. The van der Waals surface area contributed by atoms with Crippen molar-refractivity contribution in [1.29, 1.82) is 0 Å². The Bertz CT molecular complexity index is 376. The molecule has 0 saturated carbocycles. The average molecular weight is 351 g/mol. The van der Waals surface area contributed by atoms with E-state index in [2.05, 4.69) is 35.1 Å². The molecule has 0 spiro atoms. The van der Waals surface area contributed by atoms with E-state index in [9.17, 15) is 0 Å². The van der Waals surface area contributed by atoms with Crippen LogP contribution in [0.25, 0.3) is 0 Å². The van der Waals surface area contributed by atoms with E-state index in [0.29, 0.717) is 30.9 Å². The van der Waals surface area contributed by atoms with Gasteiger partial charge in [-0.1, -0.05) is 18.5 Å². The van der Waals surface area contributed by atoms with Crippen LogP contribution in [0.1, 0.15) is 20.3 Å². The lowest BCUT2D eigenvalue weighted by Gasteiger charge is -2.12. The van der Waals surface area contributed by atoms with Gasteiger partial charge in [0.05, 0.1) is 17.7 Å². The summed E-state index contributed by atoms with van der Waals surface area (Å²) in [6.45, 7) is 7.02. The quantitative estimate of drug-likeness (QED) is 0.685. The minimum absolute atomic E-state index is 0.531. The van der Waals surface area contributed by atoms with E-state index in [1.165, 1.54) is 0 Å². The van der Waals surface area contributed by atoms with Crippen molar-refractivity contribution in [2.45, 2.75) is 26.3 Å². The Balaban J connectivity index is 2.07. The Labute approximate surface area is 128 Å². The van der Waals surface area contributed by atoms with Crippen molar-refractivity contribution < 1.29 is 9.47 Å². The molecule has 0 heterocycles. The fourth-order valence-corrected chi connectivity index (χ4v) is 2.22. The van der Waals surface area contributed by atoms with Crippen molar-refractivity contribution >= 4 is 27.5 Å². The number of nitrogens with one attached hydrogen (secondary N) is 1. The van der Waals surface area contributed by atoms with Gasteiger partial charge in [-0.2, -0.15) is 0 Å². The molecule has 0 bridgehead atoms. The number of hydrogen-bond acceptors (Lipinski definition) is 3. The minimum atomic E-state index is 0.531. The van der Waals surface area contributed by atoms with Crippen LogP contribution >= 0.6 is 27.5 Å². The Morgan fingerprint density at radius 2 is 2.11 bits per heavy atom. The largest absolute Gasteiger partial charge is 0.490 e. The summed E-state index contributed by atoms with van der Waals surface area (Å²) in [5.74, 6) is 0.783. The molecule has 0 aliphatic rings. The number of ether oxygens (including phenoxy) is 2. The maximum absolute atomic E-state index is 5.86. The molecule has 5 heteroatoms. The number of halogens is 2. The second kappa shape index (κ2) is 9.59. The van der Waals surface area contributed by atoms with Crippen LogP contribution in [0.5, 0.6) is 5.75 Å². The third-order valence-corrected chi connectivity index (χ3v) is 3.59. The van der Waals surface area contributed by atoms with Crippen molar-refractivity contribution in [2.75, 3.05) is 26.4 Å². The molecular weight excluding hydrogens is 330 g/mol. The molecule has 1 aromatic carbocycles. The second-order valence-electron chi connectivity index (χ2n) is 4.30. The summed E-state index contributed by atoms with van der Waals surface area (Å²) in [4.78, 5) is 0. The number of hydrogen-bond donors (Lipinski definition) is 1. The standard InChI is InChI=1S/C14H21BrClNO2/c1-3-11(2)17-6-7-18-8-9-19-14-5-4-12(16)10-13(14)15/h4-5,10-11,17H,3,6-9H2,1-2H3/t11-/m1/s1. The summed E-state index contributed by atoms with van der Waals surface area (Å²) in [7, 11) is 0. The van der Waals surface area contributed by atoms with Gasteiger partial charge in [-0.3, -0.25) is 0 Å². The first-order valence-corrected chi connectivity index (χ1v) is 7.69. The summed E-state index contributed by atoms with van der Waals surface area (Å²) in [6, 6.07) is 6.01. The van der Waals surface area contributed by atoms with Gasteiger partial charge >= 0.3 is 0 Å². The van der Waals surface area contributed by atoms with Gasteiger partial charge in [0.25, 0.3) is 0 Å². The van der Waals surface area contributed by atoms with Crippen LogP contribution in [0.3, 0.4) is 0 Å². The molecule has 0 unspecified atom stereocenters. The van der Waals surface area contributed by atoms with Crippen molar-refractivity contribution in [2.24, 2.45) is 0 Å². The number of benzene rings is 1. The zero-order valence-corrected chi connectivity index (χ0v) is 13.8. The lowest BCUT2D eigenvalue weighted by Crippen LogP contribution is -2.29. The van der Waals surface area contributed by atoms with Crippen LogP contribution in [0.2, 0.25) is 5.02 Å². The summed E-state index contributed by atoms with van der Waals surface area (Å²) < 4.78 is 11.9. The summed E-state index contributed by atoms with van der Waals surface area (Å²) in [5, 5.41) is 4.05. The van der Waals surface area contributed by atoms with E-state index in [1.54, 1.807) is 6.07 Å². The van der Waals surface area contributed by atoms with Crippen LogP contribution in [-0.2, 0) is 4.74 Å². The normalized spacial score (nSPS) is 12.4. The molecule has 0 aromatic heterocycles. The second-order valence-corrected chi connectivity index (χ2v) is 5.59. The average Bonchev–Trinajstić information content (AvgIpc) is 2.39. The van der Waals surface area contributed by atoms with Gasteiger partial charge in [0.1, 0.15) is 12.4 Å². The molecule has 108 valence electrons. The lowest BCUT2D eigenvalue weighted by molar-refractivity contribution is 0.100. The minimum Gasteiger partial charge on any atom is -0.490 e. The van der Waals surface area contributed by atoms with Crippen molar-refractivity contribution in [3.8, 4) is 5.75 Å². The molecule has 0 fully saturated rings. The zero-order valence-electron chi connectivity index (χ0n) is 11.4. The third kappa shape index (κ3) is 7.16. The van der Waals surface area contributed by atoms with Gasteiger partial charge in [0.2, 0.25) is 0 Å². The maximum Gasteiger partial charge on any atom is 0.133 e. The molecule has 1 aromatic rings. The molecule has 0 saturated heterocycles. The summed E-state index contributed by atoms with van der Waals surface area (Å²) in [5.41, 5.74) is 0. The predicted octanol–water partition coefficient (Wildman–Crippen LogP) is 3.89. The van der Waals surface area contributed by atoms with Crippen LogP contribution in [0, 0.1) is 0 Å². The fraction of sp³-hybridized carbons (Fsp3) is 0.571. The van der Waals surface area contributed by atoms with Crippen molar-refractivity contribution in [3.05, 3.63) is 27.7 Å². The van der Waals surface area contributed by atoms with E-state index in [1.807, 2.05) is 12.1 Å². The smallest absolute Gasteiger partial charge is 0.133 e.